The van der Waals surface area contributed by atoms with Crippen molar-refractivity contribution >= 4 is 17.8 Å². The van der Waals surface area contributed by atoms with Crippen LogP contribution in [-0.4, -0.2) is 40.6 Å². The van der Waals surface area contributed by atoms with Crippen LogP contribution in [0.25, 0.3) is 0 Å². The molecule has 3 N–H and O–H groups in total. The van der Waals surface area contributed by atoms with Crippen molar-refractivity contribution in [2.75, 3.05) is 6.61 Å². The van der Waals surface area contributed by atoms with Crippen LogP contribution in [0, 0.1) is 0 Å². The van der Waals surface area contributed by atoms with E-state index in [4.69, 9.17) is 4.74 Å². The van der Waals surface area contributed by atoms with Crippen LogP contribution in [0.4, 0.5) is 0 Å². The van der Waals surface area contributed by atoms with Gasteiger partial charge in [0.15, 0.2) is 0 Å². The lowest BCUT2D eigenvalue weighted by Crippen LogP contribution is -2.43. The average Bonchev–Trinajstić information content (AvgIpc) is 3.24. The molecule has 28 heavy (non-hydrogen) atoms. The van der Waals surface area contributed by atoms with Gasteiger partial charge in [0.25, 0.3) is 5.91 Å². The van der Waals surface area contributed by atoms with Gasteiger partial charge in [-0.3, -0.25) is 14.7 Å². The molecule has 0 saturated heterocycles. The van der Waals surface area contributed by atoms with Crippen molar-refractivity contribution in [1.82, 2.24) is 20.8 Å². The van der Waals surface area contributed by atoms with E-state index >= 15 is 0 Å². The molecule has 0 aliphatic carbocycles. The molecule has 8 nitrogen and oxygen atoms in total. The molecule has 2 atom stereocenters. The summed E-state index contributed by atoms with van der Waals surface area (Å²) in [5.41, 5.74) is 1.10. The lowest BCUT2D eigenvalue weighted by Gasteiger charge is -2.22. The zero-order valence-corrected chi connectivity index (χ0v) is 15.3. The van der Waals surface area contributed by atoms with Crippen LogP contribution < -0.4 is 10.6 Å². The van der Waals surface area contributed by atoms with E-state index in [9.17, 15) is 14.4 Å². The Kier molecular flexibility index (Phi) is 6.56. The Labute approximate surface area is 162 Å². The monoisotopic (exact) mass is 382 g/mol. The third-order valence-corrected chi connectivity index (χ3v) is 4.34. The normalized spacial score (nSPS) is 22.1. The van der Waals surface area contributed by atoms with Gasteiger partial charge in [0.05, 0.1) is 6.04 Å². The largest absolute Gasteiger partial charge is 0.462 e. The summed E-state index contributed by atoms with van der Waals surface area (Å²) in [7, 11) is 0. The number of carbonyl (C=O) groups is 3. The van der Waals surface area contributed by atoms with E-state index in [0.717, 1.165) is 5.56 Å². The highest BCUT2D eigenvalue weighted by Crippen LogP contribution is 2.15. The van der Waals surface area contributed by atoms with Crippen molar-refractivity contribution in [3.05, 3.63) is 66.0 Å². The number of amides is 2. The van der Waals surface area contributed by atoms with Crippen LogP contribution >= 0.6 is 0 Å². The molecule has 1 aromatic carbocycles. The summed E-state index contributed by atoms with van der Waals surface area (Å²) in [6.07, 6.45) is 6.20. The van der Waals surface area contributed by atoms with Crippen LogP contribution in [0.5, 0.6) is 0 Å². The molecule has 0 bridgehead atoms. The zero-order valence-electron chi connectivity index (χ0n) is 15.3. The first-order valence-electron chi connectivity index (χ1n) is 9.09. The molecule has 146 valence electrons. The van der Waals surface area contributed by atoms with E-state index < -0.39 is 24.0 Å². The van der Waals surface area contributed by atoms with Crippen LogP contribution in [-0.2, 0) is 14.3 Å². The van der Waals surface area contributed by atoms with Gasteiger partial charge < -0.3 is 15.4 Å². The molecule has 1 aromatic heterocycles. The van der Waals surface area contributed by atoms with Gasteiger partial charge in [-0.2, -0.15) is 5.10 Å². The van der Waals surface area contributed by atoms with Crippen LogP contribution in [0.15, 0.2) is 54.7 Å². The van der Waals surface area contributed by atoms with Gasteiger partial charge in [0.1, 0.15) is 18.3 Å². The highest BCUT2D eigenvalue weighted by molar-refractivity contribution is 5.95. The van der Waals surface area contributed by atoms with E-state index in [1.54, 1.807) is 6.08 Å². The average molecular weight is 382 g/mol. The summed E-state index contributed by atoms with van der Waals surface area (Å²) in [6.45, 7) is -0.0191. The number of carbonyl (C=O) groups excluding carboxylic acids is 3. The number of rotatable bonds is 3. The van der Waals surface area contributed by atoms with Crippen molar-refractivity contribution in [3.63, 3.8) is 0 Å². The topological polar surface area (TPSA) is 113 Å². The standard InChI is InChI=1S/C20H22N4O4/c25-18-10-6-2-5-9-16(23-19(26)15-11-12-21-24-15)20(27)28-13-17(22-18)14-7-3-1-4-8-14/h1-5,7-8,11-12,16-17H,6,9-10,13H2,(H,21,24)(H,22,25)(H,23,26)/b5-2+/t16-,17?/m1/s1. The van der Waals surface area contributed by atoms with E-state index in [1.165, 1.54) is 12.3 Å². The van der Waals surface area contributed by atoms with E-state index in [0.29, 0.717) is 12.8 Å². The Hall–Kier alpha value is -3.42. The van der Waals surface area contributed by atoms with Gasteiger partial charge in [-0.05, 0) is 24.5 Å². The maximum atomic E-state index is 12.6. The van der Waals surface area contributed by atoms with Crippen molar-refractivity contribution in [2.24, 2.45) is 0 Å². The minimum absolute atomic E-state index is 0.0191. The number of cyclic esters (lactones) is 1. The van der Waals surface area contributed by atoms with Crippen molar-refractivity contribution in [3.8, 4) is 0 Å². The van der Waals surface area contributed by atoms with Gasteiger partial charge in [0, 0.05) is 12.6 Å². The highest BCUT2D eigenvalue weighted by Gasteiger charge is 2.25. The lowest BCUT2D eigenvalue weighted by atomic mass is 10.1. The van der Waals surface area contributed by atoms with E-state index in [-0.39, 0.29) is 24.6 Å². The van der Waals surface area contributed by atoms with Crippen molar-refractivity contribution in [2.45, 2.75) is 31.3 Å². The number of hydrogen-bond acceptors (Lipinski definition) is 5. The Bertz CT molecular complexity index is 833. The second-order valence-corrected chi connectivity index (χ2v) is 6.40. The van der Waals surface area contributed by atoms with Gasteiger partial charge in [-0.15, -0.1) is 0 Å². The summed E-state index contributed by atoms with van der Waals surface area (Å²) in [6, 6.07) is 9.55. The van der Waals surface area contributed by atoms with Crippen LogP contribution in [0.3, 0.4) is 0 Å². The number of aromatic amines is 1. The summed E-state index contributed by atoms with van der Waals surface area (Å²) < 4.78 is 5.43. The zero-order chi connectivity index (χ0) is 19.8. The van der Waals surface area contributed by atoms with Crippen LogP contribution in [0.2, 0.25) is 0 Å². The second-order valence-electron chi connectivity index (χ2n) is 6.40. The molecule has 0 saturated carbocycles. The fourth-order valence-electron chi connectivity index (χ4n) is 2.84. The molecular weight excluding hydrogens is 360 g/mol. The molecule has 2 amide bonds. The molecule has 0 spiro atoms. The van der Waals surface area contributed by atoms with Crippen LogP contribution in [0.1, 0.15) is 41.4 Å². The predicted molar refractivity (Wildman–Crippen MR) is 101 cm³/mol. The van der Waals surface area contributed by atoms with E-state index in [1.807, 2.05) is 36.4 Å². The Morgan fingerprint density at radius 3 is 2.71 bits per heavy atom. The third-order valence-electron chi connectivity index (χ3n) is 4.34. The number of nitrogens with one attached hydrogen (secondary N) is 3. The fourth-order valence-corrected chi connectivity index (χ4v) is 2.84. The number of aromatic nitrogens is 2. The molecule has 0 fully saturated rings. The minimum atomic E-state index is -0.835. The summed E-state index contributed by atoms with van der Waals surface area (Å²) in [5, 5.41) is 11.9. The summed E-state index contributed by atoms with van der Waals surface area (Å²) >= 11 is 0. The molecule has 3 rings (SSSR count). The summed E-state index contributed by atoms with van der Waals surface area (Å²) in [4.78, 5) is 37.0. The molecule has 8 heteroatoms. The minimum Gasteiger partial charge on any atom is -0.462 e. The molecule has 1 aliphatic rings. The maximum Gasteiger partial charge on any atom is 0.329 e. The number of allylic oxidation sites excluding steroid dienone is 1. The number of nitrogens with zero attached hydrogens (tertiary/aromatic N) is 1. The molecule has 2 aromatic rings. The van der Waals surface area contributed by atoms with E-state index in [2.05, 4.69) is 20.8 Å². The molecule has 2 heterocycles. The number of hydrogen-bond donors (Lipinski definition) is 3. The van der Waals surface area contributed by atoms with Crippen molar-refractivity contribution in [1.29, 1.82) is 0 Å². The number of H-pyrrole nitrogens is 1. The Balaban J connectivity index is 1.73. The smallest absolute Gasteiger partial charge is 0.329 e. The molecule has 0 radical (unpaired) electrons. The van der Waals surface area contributed by atoms with Gasteiger partial charge in [0.2, 0.25) is 5.91 Å². The Morgan fingerprint density at radius 1 is 1.14 bits per heavy atom. The summed E-state index contributed by atoms with van der Waals surface area (Å²) in [5.74, 6) is -1.11. The predicted octanol–water partition coefficient (Wildman–Crippen LogP) is 1.65. The first kappa shape index (κ1) is 19.3. The number of esters is 1. The SMILES string of the molecule is O=C1CC/C=C/C[C@@H](NC(=O)c2ccn[nH]2)C(=O)OCC(c2ccccc2)N1. The Morgan fingerprint density at radius 2 is 1.96 bits per heavy atom. The third kappa shape index (κ3) is 5.29. The first-order valence-corrected chi connectivity index (χ1v) is 9.09. The van der Waals surface area contributed by atoms with Gasteiger partial charge >= 0.3 is 5.97 Å². The first-order chi connectivity index (χ1) is 13.6. The molecule has 1 aliphatic heterocycles. The van der Waals surface area contributed by atoms with Gasteiger partial charge in [-0.1, -0.05) is 42.5 Å². The number of ether oxygens (including phenoxy) is 1. The maximum absolute atomic E-state index is 12.6. The lowest BCUT2D eigenvalue weighted by molar-refractivity contribution is -0.147. The number of benzene rings is 1. The van der Waals surface area contributed by atoms with Crippen molar-refractivity contribution < 1.29 is 19.1 Å². The second kappa shape index (κ2) is 9.50. The highest BCUT2D eigenvalue weighted by atomic mass is 16.5. The fraction of sp³-hybridized carbons (Fsp3) is 0.300. The molecule has 1 unspecified atom stereocenters. The molecular formula is C20H22N4O4. The quantitative estimate of drug-likeness (QED) is 0.552. The van der Waals surface area contributed by atoms with Gasteiger partial charge in [-0.25, -0.2) is 4.79 Å².